The summed E-state index contributed by atoms with van der Waals surface area (Å²) >= 11 is 0. The van der Waals surface area contributed by atoms with Gasteiger partial charge in [-0.1, -0.05) is 33.1 Å². The van der Waals surface area contributed by atoms with Gasteiger partial charge in [0, 0.05) is 19.5 Å². The van der Waals surface area contributed by atoms with Crippen molar-refractivity contribution in [3.05, 3.63) is 0 Å². The van der Waals surface area contributed by atoms with Crippen molar-refractivity contribution in [2.24, 2.45) is 5.92 Å². The van der Waals surface area contributed by atoms with Crippen LogP contribution in [0.15, 0.2) is 0 Å². The van der Waals surface area contributed by atoms with Gasteiger partial charge in [-0.05, 0) is 18.8 Å². The number of hydrogen-bond acceptors (Lipinski definition) is 1. The van der Waals surface area contributed by atoms with Gasteiger partial charge in [-0.3, -0.25) is 4.79 Å². The highest BCUT2D eigenvalue weighted by atomic mass is 16.2. The number of amides is 1. The number of carbonyl (C=O) groups excluding carboxylic acids is 1. The lowest BCUT2D eigenvalue weighted by Gasteiger charge is -2.30. The van der Waals surface area contributed by atoms with Crippen molar-refractivity contribution >= 4 is 5.91 Å². The first-order chi connectivity index (χ1) is 6.74. The molecule has 1 amide bonds. The summed E-state index contributed by atoms with van der Waals surface area (Å²) < 4.78 is 0. The smallest absolute Gasteiger partial charge is 0.222 e. The number of carbonyl (C=O) groups is 1. The van der Waals surface area contributed by atoms with Crippen LogP contribution < -0.4 is 0 Å². The van der Waals surface area contributed by atoms with Gasteiger partial charge >= 0.3 is 0 Å². The van der Waals surface area contributed by atoms with Gasteiger partial charge in [-0.25, -0.2) is 0 Å². The molecule has 0 bridgehead atoms. The minimum absolute atomic E-state index is 0.375. The molecule has 1 heterocycles. The Balaban J connectivity index is 2.17. The van der Waals surface area contributed by atoms with Gasteiger partial charge in [0.25, 0.3) is 0 Å². The summed E-state index contributed by atoms with van der Waals surface area (Å²) in [4.78, 5) is 13.6. The van der Waals surface area contributed by atoms with E-state index in [0.717, 1.165) is 25.9 Å². The van der Waals surface area contributed by atoms with Crippen LogP contribution >= 0.6 is 0 Å². The molecule has 1 saturated heterocycles. The molecule has 1 aliphatic rings. The van der Waals surface area contributed by atoms with Gasteiger partial charge < -0.3 is 4.90 Å². The summed E-state index contributed by atoms with van der Waals surface area (Å²) in [5, 5.41) is 0. The summed E-state index contributed by atoms with van der Waals surface area (Å²) in [6.07, 6.45) is 6.89. The Kier molecular flexibility index (Phi) is 4.99. The van der Waals surface area contributed by atoms with Crippen molar-refractivity contribution in [1.82, 2.24) is 4.90 Å². The number of hydrogen-bond donors (Lipinski definition) is 0. The van der Waals surface area contributed by atoms with Gasteiger partial charge in [-0.15, -0.1) is 0 Å². The zero-order valence-corrected chi connectivity index (χ0v) is 9.59. The topological polar surface area (TPSA) is 20.3 Å². The van der Waals surface area contributed by atoms with Crippen LogP contribution in [0.3, 0.4) is 0 Å². The predicted octanol–water partition coefficient (Wildman–Crippen LogP) is 2.83. The highest BCUT2D eigenvalue weighted by Gasteiger charge is 2.21. The molecule has 0 saturated carbocycles. The molecule has 0 radical (unpaired) electrons. The molecular formula is C12H23NO. The Morgan fingerprint density at radius 2 is 2.14 bits per heavy atom. The molecule has 0 N–H and O–H groups in total. The van der Waals surface area contributed by atoms with E-state index in [1.54, 1.807) is 0 Å². The second-order valence-electron chi connectivity index (χ2n) is 4.54. The maximum Gasteiger partial charge on any atom is 0.222 e. The van der Waals surface area contributed by atoms with E-state index >= 15 is 0 Å². The van der Waals surface area contributed by atoms with E-state index in [1.165, 1.54) is 25.7 Å². The lowest BCUT2D eigenvalue weighted by molar-refractivity contribution is -0.134. The Bertz CT molecular complexity index is 179. The highest BCUT2D eigenvalue weighted by molar-refractivity contribution is 5.76. The first-order valence-electron chi connectivity index (χ1n) is 6.01. The largest absolute Gasteiger partial charge is 0.342 e. The van der Waals surface area contributed by atoms with Crippen LogP contribution in [0.5, 0.6) is 0 Å². The lowest BCUT2D eigenvalue weighted by Crippen LogP contribution is -2.39. The zero-order chi connectivity index (χ0) is 10.4. The first-order valence-corrected chi connectivity index (χ1v) is 6.01. The molecule has 0 aliphatic carbocycles. The fraction of sp³-hybridized carbons (Fsp3) is 0.917. The second kappa shape index (κ2) is 6.05. The zero-order valence-electron chi connectivity index (χ0n) is 9.59. The van der Waals surface area contributed by atoms with E-state index in [0.29, 0.717) is 11.8 Å². The van der Waals surface area contributed by atoms with E-state index in [2.05, 4.69) is 18.7 Å². The summed E-state index contributed by atoms with van der Waals surface area (Å²) in [5.74, 6) is 1.08. The summed E-state index contributed by atoms with van der Waals surface area (Å²) in [7, 11) is 0. The van der Waals surface area contributed by atoms with Crippen molar-refractivity contribution in [3.8, 4) is 0 Å². The van der Waals surface area contributed by atoms with Gasteiger partial charge in [0.1, 0.15) is 0 Å². The van der Waals surface area contributed by atoms with Crippen LogP contribution in [-0.4, -0.2) is 23.9 Å². The molecule has 1 unspecified atom stereocenters. The quantitative estimate of drug-likeness (QED) is 0.621. The van der Waals surface area contributed by atoms with E-state index in [-0.39, 0.29) is 0 Å². The van der Waals surface area contributed by atoms with E-state index in [1.807, 2.05) is 0 Å². The lowest BCUT2D eigenvalue weighted by atomic mass is 9.99. The maximum absolute atomic E-state index is 11.5. The molecule has 2 heteroatoms. The van der Waals surface area contributed by atoms with Crippen LogP contribution in [0.2, 0.25) is 0 Å². The highest BCUT2D eigenvalue weighted by Crippen LogP contribution is 2.17. The van der Waals surface area contributed by atoms with Gasteiger partial charge in [0.2, 0.25) is 5.91 Å². The first kappa shape index (κ1) is 11.5. The van der Waals surface area contributed by atoms with Crippen molar-refractivity contribution in [3.63, 3.8) is 0 Å². The Hall–Kier alpha value is -0.530. The molecule has 1 atom stereocenters. The van der Waals surface area contributed by atoms with Crippen LogP contribution in [0.4, 0.5) is 0 Å². The van der Waals surface area contributed by atoms with Crippen LogP contribution in [-0.2, 0) is 4.79 Å². The predicted molar refractivity (Wildman–Crippen MR) is 59.1 cm³/mol. The molecule has 0 aromatic carbocycles. The van der Waals surface area contributed by atoms with Gasteiger partial charge in [0.05, 0.1) is 0 Å². The molecule has 14 heavy (non-hydrogen) atoms. The van der Waals surface area contributed by atoms with Crippen molar-refractivity contribution in [2.45, 2.75) is 52.4 Å². The normalized spacial score (nSPS) is 22.9. The Labute approximate surface area is 87.7 Å². The SMILES string of the molecule is CCCCCCN1CC(C)CCC1=O. The molecule has 82 valence electrons. The number of unbranched alkanes of at least 4 members (excludes halogenated alkanes) is 3. The summed E-state index contributed by atoms with van der Waals surface area (Å²) in [5.41, 5.74) is 0. The third kappa shape index (κ3) is 3.69. The molecule has 0 aromatic rings. The standard InChI is InChI=1S/C12H23NO/c1-3-4-5-6-9-13-10-11(2)7-8-12(13)14/h11H,3-10H2,1-2H3. The Morgan fingerprint density at radius 3 is 2.86 bits per heavy atom. The van der Waals surface area contributed by atoms with Gasteiger partial charge in [-0.2, -0.15) is 0 Å². The fourth-order valence-corrected chi connectivity index (χ4v) is 2.04. The van der Waals surface area contributed by atoms with Crippen LogP contribution in [0, 0.1) is 5.92 Å². The Morgan fingerprint density at radius 1 is 1.36 bits per heavy atom. The number of rotatable bonds is 5. The van der Waals surface area contributed by atoms with Crippen molar-refractivity contribution in [2.75, 3.05) is 13.1 Å². The molecule has 2 nitrogen and oxygen atoms in total. The molecule has 1 rings (SSSR count). The summed E-state index contributed by atoms with van der Waals surface area (Å²) in [6.45, 7) is 6.44. The van der Waals surface area contributed by atoms with Crippen molar-refractivity contribution < 1.29 is 4.79 Å². The monoisotopic (exact) mass is 197 g/mol. The van der Waals surface area contributed by atoms with Gasteiger partial charge in [0.15, 0.2) is 0 Å². The van der Waals surface area contributed by atoms with Crippen LogP contribution in [0.1, 0.15) is 52.4 Å². The minimum Gasteiger partial charge on any atom is -0.342 e. The molecular weight excluding hydrogens is 174 g/mol. The molecule has 0 aromatic heterocycles. The fourth-order valence-electron chi connectivity index (χ4n) is 2.04. The van der Waals surface area contributed by atoms with Crippen LogP contribution in [0.25, 0.3) is 0 Å². The molecule has 1 fully saturated rings. The molecule has 1 aliphatic heterocycles. The average molecular weight is 197 g/mol. The van der Waals surface area contributed by atoms with E-state index in [4.69, 9.17) is 0 Å². The number of likely N-dealkylation sites (tertiary alicyclic amines) is 1. The summed E-state index contributed by atoms with van der Waals surface area (Å²) in [6, 6.07) is 0. The molecule has 0 spiro atoms. The maximum atomic E-state index is 11.5. The third-order valence-electron chi connectivity index (χ3n) is 3.02. The van der Waals surface area contributed by atoms with E-state index < -0.39 is 0 Å². The average Bonchev–Trinajstić information content (AvgIpc) is 2.18. The van der Waals surface area contributed by atoms with Crippen molar-refractivity contribution in [1.29, 1.82) is 0 Å². The third-order valence-corrected chi connectivity index (χ3v) is 3.02. The second-order valence-corrected chi connectivity index (χ2v) is 4.54. The number of piperidine rings is 1. The van der Waals surface area contributed by atoms with E-state index in [9.17, 15) is 4.79 Å². The number of nitrogens with zero attached hydrogens (tertiary/aromatic N) is 1. The minimum atomic E-state index is 0.375.